The number of halogens is 1. The molecule has 0 spiro atoms. The van der Waals surface area contributed by atoms with Gasteiger partial charge < -0.3 is 15.1 Å². The number of anilines is 1. The van der Waals surface area contributed by atoms with Crippen molar-refractivity contribution in [3.8, 4) is 0 Å². The highest BCUT2D eigenvalue weighted by molar-refractivity contribution is 6.31. The molecule has 3 rings (SSSR count). The first-order valence-corrected chi connectivity index (χ1v) is 9.25. The van der Waals surface area contributed by atoms with Crippen LogP contribution in [-0.2, 0) is 11.3 Å². The molecule has 0 radical (unpaired) electrons. The Balaban J connectivity index is 1.45. The lowest BCUT2D eigenvalue weighted by Crippen LogP contribution is -3.28. The van der Waals surface area contributed by atoms with Crippen LogP contribution in [0.5, 0.6) is 0 Å². The molecule has 2 aromatic carbocycles. The number of rotatable bonds is 5. The third-order valence-corrected chi connectivity index (χ3v) is 5.08. The van der Waals surface area contributed by atoms with Crippen molar-refractivity contribution >= 4 is 23.2 Å². The lowest BCUT2D eigenvalue weighted by molar-refractivity contribution is -1.02. The Hall–Kier alpha value is -1.88. The molecular weight excluding hydrogens is 334 g/mol. The Labute approximate surface area is 154 Å². The molecule has 4 nitrogen and oxygen atoms in total. The van der Waals surface area contributed by atoms with Crippen LogP contribution in [0, 0.1) is 6.92 Å². The third kappa shape index (κ3) is 5.30. The molecule has 25 heavy (non-hydrogen) atoms. The molecule has 0 aliphatic carbocycles. The molecule has 0 aromatic heterocycles. The van der Waals surface area contributed by atoms with Crippen LogP contribution in [-0.4, -0.2) is 38.6 Å². The molecule has 1 aliphatic heterocycles. The fraction of sp³-hybridized carbons (Fsp3) is 0.350. The second-order valence-electron chi connectivity index (χ2n) is 6.85. The van der Waals surface area contributed by atoms with E-state index in [9.17, 15) is 4.79 Å². The van der Waals surface area contributed by atoms with Crippen LogP contribution < -0.4 is 15.1 Å². The van der Waals surface area contributed by atoms with Gasteiger partial charge in [-0.2, -0.15) is 0 Å². The van der Waals surface area contributed by atoms with Gasteiger partial charge in [0, 0.05) is 16.3 Å². The van der Waals surface area contributed by atoms with Gasteiger partial charge in [0.1, 0.15) is 32.7 Å². The maximum Gasteiger partial charge on any atom is 0.279 e. The first-order valence-electron chi connectivity index (χ1n) is 8.87. The number of aryl methyl sites for hydroxylation is 1. The molecule has 1 aliphatic rings. The predicted molar refractivity (Wildman–Crippen MR) is 101 cm³/mol. The molecule has 1 fully saturated rings. The summed E-state index contributed by atoms with van der Waals surface area (Å²) < 4.78 is 0. The first-order chi connectivity index (χ1) is 12.1. The molecule has 0 bridgehead atoms. The highest BCUT2D eigenvalue weighted by atomic mass is 35.5. The number of benzene rings is 2. The van der Waals surface area contributed by atoms with Crippen molar-refractivity contribution in [2.45, 2.75) is 13.5 Å². The van der Waals surface area contributed by atoms with E-state index in [0.29, 0.717) is 11.6 Å². The van der Waals surface area contributed by atoms with Crippen molar-refractivity contribution in [1.82, 2.24) is 0 Å². The van der Waals surface area contributed by atoms with Crippen molar-refractivity contribution in [1.29, 1.82) is 0 Å². The lowest BCUT2D eigenvalue weighted by atomic mass is 10.2. The van der Waals surface area contributed by atoms with Crippen LogP contribution >= 0.6 is 11.6 Å². The van der Waals surface area contributed by atoms with Gasteiger partial charge in [-0.15, -0.1) is 0 Å². The minimum absolute atomic E-state index is 0.0619. The number of hydrogen-bond acceptors (Lipinski definition) is 1. The number of hydrogen-bond donors (Lipinski definition) is 3. The summed E-state index contributed by atoms with van der Waals surface area (Å²) in [5, 5.41) is 3.64. The van der Waals surface area contributed by atoms with Gasteiger partial charge in [-0.05, 0) is 24.6 Å². The number of carbonyl (C=O) groups excluding carboxylic acids is 1. The van der Waals surface area contributed by atoms with Gasteiger partial charge in [-0.1, -0.05) is 48.0 Å². The molecule has 1 amide bonds. The Bertz CT molecular complexity index is 712. The quantitative estimate of drug-likeness (QED) is 0.717. The Morgan fingerprint density at radius 3 is 2.44 bits per heavy atom. The molecule has 132 valence electrons. The summed E-state index contributed by atoms with van der Waals surface area (Å²) in [6, 6.07) is 16.2. The Morgan fingerprint density at radius 1 is 1.04 bits per heavy atom. The average molecular weight is 360 g/mol. The highest BCUT2D eigenvalue weighted by Gasteiger charge is 2.24. The number of carbonyl (C=O) groups is 1. The van der Waals surface area contributed by atoms with Crippen LogP contribution in [0.3, 0.4) is 0 Å². The molecule has 0 unspecified atom stereocenters. The Morgan fingerprint density at radius 2 is 1.72 bits per heavy atom. The fourth-order valence-corrected chi connectivity index (χ4v) is 3.52. The van der Waals surface area contributed by atoms with Crippen LogP contribution in [0.2, 0.25) is 5.02 Å². The zero-order chi connectivity index (χ0) is 17.6. The van der Waals surface area contributed by atoms with E-state index < -0.39 is 0 Å². The zero-order valence-electron chi connectivity index (χ0n) is 14.6. The monoisotopic (exact) mass is 359 g/mol. The smallest absolute Gasteiger partial charge is 0.279 e. The minimum Gasteiger partial charge on any atom is -0.322 e. The molecule has 0 saturated carbocycles. The third-order valence-electron chi connectivity index (χ3n) is 4.85. The van der Waals surface area contributed by atoms with Crippen LogP contribution in [0.4, 0.5) is 5.69 Å². The molecule has 5 heteroatoms. The largest absolute Gasteiger partial charge is 0.322 e. The average Bonchev–Trinajstić information content (AvgIpc) is 2.61. The van der Waals surface area contributed by atoms with Crippen LogP contribution in [0.1, 0.15) is 11.1 Å². The normalized spacial score (nSPS) is 20.2. The maximum absolute atomic E-state index is 12.3. The van der Waals surface area contributed by atoms with Gasteiger partial charge >= 0.3 is 0 Å². The van der Waals surface area contributed by atoms with E-state index in [1.165, 1.54) is 10.5 Å². The van der Waals surface area contributed by atoms with E-state index in [1.807, 2.05) is 25.1 Å². The van der Waals surface area contributed by atoms with Gasteiger partial charge in [0.15, 0.2) is 6.54 Å². The zero-order valence-corrected chi connectivity index (χ0v) is 15.4. The van der Waals surface area contributed by atoms with Crippen molar-refractivity contribution < 1.29 is 14.6 Å². The van der Waals surface area contributed by atoms with E-state index in [2.05, 4.69) is 35.6 Å². The van der Waals surface area contributed by atoms with Gasteiger partial charge in [0.25, 0.3) is 5.91 Å². The molecule has 3 N–H and O–H groups in total. The Kier molecular flexibility index (Phi) is 6.08. The fourth-order valence-electron chi connectivity index (χ4n) is 3.35. The summed E-state index contributed by atoms with van der Waals surface area (Å²) in [7, 11) is 0. The van der Waals surface area contributed by atoms with Crippen molar-refractivity contribution in [2.75, 3.05) is 38.0 Å². The van der Waals surface area contributed by atoms with E-state index in [1.54, 1.807) is 4.90 Å². The summed E-state index contributed by atoms with van der Waals surface area (Å²) in [6.07, 6.45) is 0. The molecule has 1 heterocycles. The molecular formula is C20H26ClN3O+2. The van der Waals surface area contributed by atoms with Gasteiger partial charge in [-0.3, -0.25) is 4.79 Å². The lowest BCUT2D eigenvalue weighted by Gasteiger charge is -2.29. The van der Waals surface area contributed by atoms with Crippen molar-refractivity contribution in [2.24, 2.45) is 0 Å². The predicted octanol–water partition coefficient (Wildman–Crippen LogP) is 0.571. The highest BCUT2D eigenvalue weighted by Crippen LogP contribution is 2.19. The summed E-state index contributed by atoms with van der Waals surface area (Å²) >= 11 is 6.02. The summed E-state index contributed by atoms with van der Waals surface area (Å²) in [4.78, 5) is 15.3. The minimum atomic E-state index is 0.0619. The summed E-state index contributed by atoms with van der Waals surface area (Å²) in [6.45, 7) is 7.84. The van der Waals surface area contributed by atoms with E-state index in [-0.39, 0.29) is 5.91 Å². The number of nitrogens with one attached hydrogen (secondary N) is 3. The van der Waals surface area contributed by atoms with Crippen LogP contribution in [0.25, 0.3) is 0 Å². The standard InChI is InChI=1S/C20H24ClN3O/c1-16-7-8-18(21)13-19(16)22-20(25)15-24-11-9-23(10-12-24)14-17-5-3-2-4-6-17/h2-8,13H,9-12,14-15H2,1H3,(H,22,25)/p+2. The van der Waals surface area contributed by atoms with Gasteiger partial charge in [-0.25, -0.2) is 0 Å². The second-order valence-corrected chi connectivity index (χ2v) is 7.28. The molecule has 1 saturated heterocycles. The van der Waals surface area contributed by atoms with Crippen molar-refractivity contribution in [3.63, 3.8) is 0 Å². The van der Waals surface area contributed by atoms with E-state index >= 15 is 0 Å². The summed E-state index contributed by atoms with van der Waals surface area (Å²) in [5.41, 5.74) is 3.23. The second kappa shape index (κ2) is 8.48. The van der Waals surface area contributed by atoms with Gasteiger partial charge in [0.2, 0.25) is 0 Å². The maximum atomic E-state index is 12.3. The first kappa shape index (κ1) is 17.9. The van der Waals surface area contributed by atoms with Crippen molar-refractivity contribution in [3.05, 3.63) is 64.7 Å². The number of piperazine rings is 1. The van der Waals surface area contributed by atoms with E-state index in [4.69, 9.17) is 11.6 Å². The molecule has 0 atom stereocenters. The molecule has 2 aromatic rings. The topological polar surface area (TPSA) is 38.0 Å². The number of amides is 1. The van der Waals surface area contributed by atoms with Crippen LogP contribution in [0.15, 0.2) is 48.5 Å². The van der Waals surface area contributed by atoms with E-state index in [0.717, 1.165) is 44.0 Å². The SMILES string of the molecule is Cc1ccc(Cl)cc1NC(=O)C[NH+]1CC[NH+](Cc2ccccc2)CC1. The summed E-state index contributed by atoms with van der Waals surface area (Å²) in [5.74, 6) is 0.0619. The van der Waals surface area contributed by atoms with Gasteiger partial charge in [0.05, 0.1) is 0 Å². The number of quaternary nitrogens is 2.